The Labute approximate surface area is 215 Å². The number of carbonyl (C=O) groups excluding carboxylic acids is 1. The highest BCUT2D eigenvalue weighted by Crippen LogP contribution is 2.43. The molecular weight excluding hydrogens is 476 g/mol. The molecule has 2 N–H and O–H groups in total. The minimum Gasteiger partial charge on any atom is -0.445 e. The molecule has 1 aliphatic heterocycles. The van der Waals surface area contributed by atoms with E-state index in [-0.39, 0.29) is 31.3 Å². The number of nitrogens with zero attached hydrogens (tertiary/aromatic N) is 1. The van der Waals surface area contributed by atoms with Crippen LogP contribution in [-0.4, -0.2) is 34.6 Å². The van der Waals surface area contributed by atoms with E-state index in [1.54, 1.807) is 30.1 Å². The molecular formula is C28H30N2O5S. The van der Waals surface area contributed by atoms with E-state index in [2.05, 4.69) is 23.8 Å². The van der Waals surface area contributed by atoms with Gasteiger partial charge >= 0.3 is 6.09 Å². The van der Waals surface area contributed by atoms with Gasteiger partial charge in [0.1, 0.15) is 6.61 Å². The second-order valence-electron chi connectivity index (χ2n) is 8.44. The maximum absolute atomic E-state index is 11.8. The van der Waals surface area contributed by atoms with Crippen LogP contribution in [0, 0.1) is 5.92 Å². The minimum atomic E-state index is -0.584. The summed E-state index contributed by atoms with van der Waals surface area (Å²) in [6.45, 7) is 5.80. The minimum absolute atomic E-state index is 0.00203. The molecule has 0 aliphatic carbocycles. The van der Waals surface area contributed by atoms with Gasteiger partial charge in [-0.05, 0) is 35.4 Å². The monoisotopic (exact) mass is 506 g/mol. The molecule has 36 heavy (non-hydrogen) atoms. The van der Waals surface area contributed by atoms with Crippen molar-refractivity contribution in [3.63, 3.8) is 0 Å². The van der Waals surface area contributed by atoms with E-state index < -0.39 is 12.4 Å². The van der Waals surface area contributed by atoms with Crippen molar-refractivity contribution in [2.75, 3.05) is 17.7 Å². The summed E-state index contributed by atoms with van der Waals surface area (Å²) >= 11 is 1.65. The number of hydrogen-bond acceptors (Lipinski definition) is 7. The van der Waals surface area contributed by atoms with E-state index in [9.17, 15) is 9.90 Å². The maximum Gasteiger partial charge on any atom is 0.411 e. The quantitative estimate of drug-likeness (QED) is 0.276. The van der Waals surface area contributed by atoms with Crippen molar-refractivity contribution in [3.05, 3.63) is 102 Å². The number of nitrogens with one attached hydrogen (secondary N) is 1. The van der Waals surface area contributed by atoms with Crippen LogP contribution in [-0.2, 0) is 20.8 Å². The summed E-state index contributed by atoms with van der Waals surface area (Å²) in [5.74, 6) is 0.802. The first-order chi connectivity index (χ1) is 17.6. The third-order valence-electron chi connectivity index (χ3n) is 5.92. The fourth-order valence-corrected chi connectivity index (χ4v) is 4.95. The molecule has 1 fully saturated rings. The number of aliphatic hydroxyl groups is 1. The van der Waals surface area contributed by atoms with Crippen LogP contribution in [0.25, 0.3) is 0 Å². The molecule has 188 valence electrons. The van der Waals surface area contributed by atoms with Crippen molar-refractivity contribution in [2.24, 2.45) is 5.92 Å². The zero-order valence-electron chi connectivity index (χ0n) is 20.1. The predicted molar refractivity (Wildman–Crippen MR) is 140 cm³/mol. The van der Waals surface area contributed by atoms with Crippen LogP contribution in [0.3, 0.4) is 0 Å². The molecule has 2 aromatic carbocycles. The molecule has 2 heterocycles. The molecule has 4 atom stereocenters. The number of aliphatic hydroxyl groups excluding tert-OH is 1. The molecule has 8 heteroatoms. The summed E-state index contributed by atoms with van der Waals surface area (Å²) in [6.07, 6.45) is 1.88. The second kappa shape index (κ2) is 12.7. The van der Waals surface area contributed by atoms with Crippen LogP contribution < -0.4 is 5.32 Å². The Balaban J connectivity index is 1.52. The zero-order valence-corrected chi connectivity index (χ0v) is 20.9. The Hall–Kier alpha value is -3.17. The van der Waals surface area contributed by atoms with Gasteiger partial charge in [0.2, 0.25) is 0 Å². The van der Waals surface area contributed by atoms with Crippen LogP contribution in [0.5, 0.6) is 0 Å². The number of pyridine rings is 1. The molecule has 1 aliphatic rings. The topological polar surface area (TPSA) is 89.9 Å². The second-order valence-corrected chi connectivity index (χ2v) is 9.48. The van der Waals surface area contributed by atoms with Gasteiger partial charge in [-0.15, -0.1) is 11.8 Å². The lowest BCUT2D eigenvalue weighted by Gasteiger charge is -2.41. The molecule has 1 saturated heterocycles. The highest BCUT2D eigenvalue weighted by Gasteiger charge is 2.38. The molecule has 0 spiro atoms. The first-order valence-corrected chi connectivity index (χ1v) is 12.7. The summed E-state index contributed by atoms with van der Waals surface area (Å²) in [7, 11) is 0. The SMILES string of the molecule is C=CCOC(=O)Nc1ccc(C2OC(CSc3ccccn3)C(C)C(c3ccc(CO)cc3)O2)cc1. The number of rotatable bonds is 9. The molecule has 0 saturated carbocycles. The van der Waals surface area contributed by atoms with Gasteiger partial charge in [0.15, 0.2) is 6.29 Å². The van der Waals surface area contributed by atoms with Crippen molar-refractivity contribution < 1.29 is 24.1 Å². The largest absolute Gasteiger partial charge is 0.445 e. The van der Waals surface area contributed by atoms with E-state index in [1.807, 2.05) is 54.6 Å². The Kier molecular flexibility index (Phi) is 9.13. The maximum atomic E-state index is 11.8. The van der Waals surface area contributed by atoms with Crippen molar-refractivity contribution in [1.82, 2.24) is 4.98 Å². The number of thioether (sulfide) groups is 1. The lowest BCUT2D eigenvalue weighted by Crippen LogP contribution is -2.38. The van der Waals surface area contributed by atoms with Crippen LogP contribution >= 0.6 is 11.8 Å². The molecule has 1 aromatic heterocycles. The van der Waals surface area contributed by atoms with Crippen LogP contribution in [0.4, 0.5) is 10.5 Å². The molecule has 4 unspecified atom stereocenters. The molecule has 0 bridgehead atoms. The number of anilines is 1. The predicted octanol–water partition coefficient (Wildman–Crippen LogP) is 5.89. The van der Waals surface area contributed by atoms with Gasteiger partial charge in [0, 0.05) is 29.1 Å². The Bertz CT molecular complexity index is 1120. The Morgan fingerprint density at radius 2 is 1.86 bits per heavy atom. The molecule has 1 amide bonds. The van der Waals surface area contributed by atoms with E-state index in [0.717, 1.165) is 27.5 Å². The van der Waals surface area contributed by atoms with Gasteiger partial charge in [-0.25, -0.2) is 9.78 Å². The summed E-state index contributed by atoms with van der Waals surface area (Å²) < 4.78 is 17.9. The van der Waals surface area contributed by atoms with Crippen LogP contribution in [0.1, 0.15) is 36.0 Å². The highest BCUT2D eigenvalue weighted by molar-refractivity contribution is 7.99. The summed E-state index contributed by atoms with van der Waals surface area (Å²) in [6, 6.07) is 21.0. The average Bonchev–Trinajstić information content (AvgIpc) is 2.92. The van der Waals surface area contributed by atoms with Gasteiger partial charge in [-0.3, -0.25) is 5.32 Å². The first-order valence-electron chi connectivity index (χ1n) is 11.8. The van der Waals surface area contributed by atoms with Gasteiger partial charge in [0.05, 0.1) is 23.8 Å². The van der Waals surface area contributed by atoms with Crippen molar-refractivity contribution in [2.45, 2.75) is 37.1 Å². The summed E-state index contributed by atoms with van der Waals surface area (Å²) in [5, 5.41) is 13.1. The molecule has 4 rings (SSSR count). The summed E-state index contributed by atoms with van der Waals surface area (Å²) in [4.78, 5) is 16.2. The number of ether oxygens (including phenoxy) is 3. The number of carbonyl (C=O) groups is 1. The zero-order chi connectivity index (χ0) is 25.3. The van der Waals surface area contributed by atoms with Crippen LogP contribution in [0.15, 0.2) is 90.6 Å². The van der Waals surface area contributed by atoms with E-state index in [4.69, 9.17) is 14.2 Å². The number of aromatic nitrogens is 1. The van der Waals surface area contributed by atoms with Crippen molar-refractivity contribution in [3.8, 4) is 0 Å². The van der Waals surface area contributed by atoms with E-state index in [1.165, 1.54) is 6.08 Å². The first kappa shape index (κ1) is 25.9. The lowest BCUT2D eigenvalue weighted by molar-refractivity contribution is -0.268. The Morgan fingerprint density at radius 3 is 2.53 bits per heavy atom. The third-order valence-corrected chi connectivity index (χ3v) is 6.95. The highest BCUT2D eigenvalue weighted by atomic mass is 32.2. The Morgan fingerprint density at radius 1 is 1.11 bits per heavy atom. The van der Waals surface area contributed by atoms with Gasteiger partial charge in [0.25, 0.3) is 0 Å². The smallest absolute Gasteiger partial charge is 0.411 e. The van der Waals surface area contributed by atoms with Crippen molar-refractivity contribution in [1.29, 1.82) is 0 Å². The molecule has 3 aromatic rings. The fraction of sp³-hybridized carbons (Fsp3) is 0.286. The van der Waals surface area contributed by atoms with Gasteiger partial charge in [-0.1, -0.05) is 62.0 Å². The van der Waals surface area contributed by atoms with E-state index >= 15 is 0 Å². The lowest BCUT2D eigenvalue weighted by atomic mass is 9.91. The van der Waals surface area contributed by atoms with E-state index in [0.29, 0.717) is 5.69 Å². The normalized spacial score (nSPS) is 21.5. The number of amides is 1. The average molecular weight is 507 g/mol. The summed E-state index contributed by atoms with van der Waals surface area (Å²) in [5.41, 5.74) is 3.34. The molecule has 7 nitrogen and oxygen atoms in total. The number of benzene rings is 2. The van der Waals surface area contributed by atoms with Gasteiger partial charge in [-0.2, -0.15) is 0 Å². The molecule has 0 radical (unpaired) electrons. The van der Waals surface area contributed by atoms with Gasteiger partial charge < -0.3 is 19.3 Å². The van der Waals surface area contributed by atoms with Crippen LogP contribution in [0.2, 0.25) is 0 Å². The standard InChI is InChI=1S/C28H30N2O5S/c1-3-16-33-28(32)30-23-13-11-22(12-14-23)27-34-24(18-36-25-6-4-5-15-29-25)19(2)26(35-27)21-9-7-20(17-31)8-10-21/h3-15,19,24,26-27,31H,1,16-18H2,2H3,(H,30,32). The fourth-order valence-electron chi connectivity index (χ4n) is 3.92. The third kappa shape index (κ3) is 6.73. The number of hydrogen-bond donors (Lipinski definition) is 2. The van der Waals surface area contributed by atoms with Crippen molar-refractivity contribution >= 4 is 23.5 Å².